The van der Waals surface area contributed by atoms with Crippen LogP contribution in [0.5, 0.6) is 0 Å². The molecule has 0 aromatic carbocycles. The number of carboxylic acid groups (broad SMARTS) is 1. The minimum atomic E-state index is -1.03. The lowest BCUT2D eigenvalue weighted by Gasteiger charge is -2.02. The van der Waals surface area contributed by atoms with Gasteiger partial charge in [-0.1, -0.05) is 6.07 Å². The molecule has 0 saturated heterocycles. The predicted molar refractivity (Wildman–Crippen MR) is 78.9 cm³/mol. The summed E-state index contributed by atoms with van der Waals surface area (Å²) < 4.78 is 0. The van der Waals surface area contributed by atoms with Gasteiger partial charge < -0.3 is 10.4 Å². The van der Waals surface area contributed by atoms with Crippen LogP contribution in [-0.2, 0) is 11.3 Å². The van der Waals surface area contributed by atoms with Gasteiger partial charge in [0.15, 0.2) is 0 Å². The number of aromatic nitrogens is 2. The Kier molecular flexibility index (Phi) is 4.78. The number of amides is 1. The highest BCUT2D eigenvalue weighted by atomic mass is 32.1. The van der Waals surface area contributed by atoms with Gasteiger partial charge in [0, 0.05) is 23.3 Å². The molecule has 0 bridgehead atoms. The lowest BCUT2D eigenvalue weighted by molar-refractivity contribution is -0.131. The molecule has 2 N–H and O–H groups in total. The van der Waals surface area contributed by atoms with E-state index in [0.29, 0.717) is 12.1 Å². The van der Waals surface area contributed by atoms with Crippen LogP contribution in [-0.4, -0.2) is 27.0 Å². The maximum absolute atomic E-state index is 11.9. The largest absolute Gasteiger partial charge is 0.478 e. The van der Waals surface area contributed by atoms with Crippen molar-refractivity contribution >= 4 is 29.3 Å². The van der Waals surface area contributed by atoms with E-state index in [9.17, 15) is 9.59 Å². The second-order valence-electron chi connectivity index (χ2n) is 4.21. The molecule has 6 nitrogen and oxygen atoms in total. The van der Waals surface area contributed by atoms with Crippen LogP contribution in [0.15, 0.2) is 29.8 Å². The fourth-order valence-corrected chi connectivity index (χ4v) is 2.25. The number of aryl methyl sites for hydroxylation is 1. The van der Waals surface area contributed by atoms with Gasteiger partial charge in [-0.05, 0) is 24.6 Å². The van der Waals surface area contributed by atoms with Crippen molar-refractivity contribution in [3.05, 3.63) is 51.7 Å². The zero-order valence-corrected chi connectivity index (χ0v) is 12.1. The van der Waals surface area contributed by atoms with Crippen molar-refractivity contribution in [3.8, 4) is 0 Å². The smallest absolute Gasteiger partial charge is 0.328 e. The van der Waals surface area contributed by atoms with Gasteiger partial charge >= 0.3 is 5.97 Å². The normalized spacial score (nSPS) is 10.7. The molecule has 0 aliphatic heterocycles. The first-order valence-electron chi connectivity index (χ1n) is 6.11. The van der Waals surface area contributed by atoms with Gasteiger partial charge in [0.25, 0.3) is 5.91 Å². The highest BCUT2D eigenvalue weighted by Crippen LogP contribution is 2.08. The van der Waals surface area contributed by atoms with Gasteiger partial charge in [0.2, 0.25) is 0 Å². The van der Waals surface area contributed by atoms with E-state index < -0.39 is 5.97 Å². The maximum atomic E-state index is 11.9. The van der Waals surface area contributed by atoms with E-state index in [-0.39, 0.29) is 11.6 Å². The molecule has 108 valence electrons. The van der Waals surface area contributed by atoms with Crippen LogP contribution in [0.2, 0.25) is 0 Å². The molecule has 2 aromatic heterocycles. The Morgan fingerprint density at radius 1 is 1.43 bits per heavy atom. The summed E-state index contributed by atoms with van der Waals surface area (Å²) in [5.41, 5.74) is 1.82. The predicted octanol–water partition coefficient (Wildman–Crippen LogP) is 1.87. The lowest BCUT2D eigenvalue weighted by Crippen LogP contribution is -2.23. The van der Waals surface area contributed by atoms with Gasteiger partial charge in [-0.15, -0.1) is 11.3 Å². The summed E-state index contributed by atoms with van der Waals surface area (Å²) in [5, 5.41) is 14.0. The summed E-state index contributed by atoms with van der Waals surface area (Å²) in [4.78, 5) is 30.5. The first-order chi connectivity index (χ1) is 10.0. The molecule has 0 fully saturated rings. The number of hydrogen-bond acceptors (Lipinski definition) is 5. The van der Waals surface area contributed by atoms with Crippen LogP contribution in [0.25, 0.3) is 6.08 Å². The van der Waals surface area contributed by atoms with E-state index in [1.807, 2.05) is 12.3 Å². The number of thiazole rings is 1. The molecule has 7 heteroatoms. The lowest BCUT2D eigenvalue weighted by atomic mass is 10.2. The minimum Gasteiger partial charge on any atom is -0.478 e. The quantitative estimate of drug-likeness (QED) is 0.823. The molecule has 2 rings (SSSR count). The van der Waals surface area contributed by atoms with Crippen LogP contribution in [0.1, 0.15) is 26.8 Å². The molecule has 0 aliphatic carbocycles. The fourth-order valence-electron chi connectivity index (χ4n) is 1.54. The van der Waals surface area contributed by atoms with Crippen molar-refractivity contribution in [1.82, 2.24) is 15.3 Å². The molecule has 0 spiro atoms. The van der Waals surface area contributed by atoms with Crippen LogP contribution in [0, 0.1) is 6.92 Å². The van der Waals surface area contributed by atoms with E-state index in [1.165, 1.54) is 23.6 Å². The standard InChI is InChI=1S/C14H13N3O3S/c1-9-8-21-12(17-9)7-16-14(20)11-4-2-10(6-15-11)3-5-13(18)19/h2-6,8H,7H2,1H3,(H,16,20)(H,18,19). The van der Waals surface area contributed by atoms with Crippen molar-refractivity contribution in [3.63, 3.8) is 0 Å². The summed E-state index contributed by atoms with van der Waals surface area (Å²) in [6.07, 6.45) is 3.87. The second kappa shape index (κ2) is 6.76. The molecule has 1 amide bonds. The second-order valence-corrected chi connectivity index (χ2v) is 5.16. The van der Waals surface area contributed by atoms with Crippen molar-refractivity contribution in [2.24, 2.45) is 0 Å². The third kappa shape index (κ3) is 4.50. The Bertz CT molecular complexity index is 677. The summed E-state index contributed by atoms with van der Waals surface area (Å²) in [7, 11) is 0. The summed E-state index contributed by atoms with van der Waals surface area (Å²) in [6.45, 7) is 2.26. The zero-order chi connectivity index (χ0) is 15.2. The highest BCUT2D eigenvalue weighted by Gasteiger charge is 2.07. The van der Waals surface area contributed by atoms with E-state index in [4.69, 9.17) is 5.11 Å². The first kappa shape index (κ1) is 14.9. The Hall–Kier alpha value is -2.54. The molecular weight excluding hydrogens is 290 g/mol. The van der Waals surface area contributed by atoms with Crippen molar-refractivity contribution in [2.75, 3.05) is 0 Å². The fraction of sp³-hybridized carbons (Fsp3) is 0.143. The maximum Gasteiger partial charge on any atom is 0.328 e. The van der Waals surface area contributed by atoms with Crippen LogP contribution >= 0.6 is 11.3 Å². The molecule has 0 atom stereocenters. The average Bonchev–Trinajstić information content (AvgIpc) is 2.89. The monoisotopic (exact) mass is 303 g/mol. The average molecular weight is 303 g/mol. The molecule has 0 radical (unpaired) electrons. The van der Waals surface area contributed by atoms with E-state index in [2.05, 4.69) is 15.3 Å². The van der Waals surface area contributed by atoms with Crippen LogP contribution < -0.4 is 5.32 Å². The van der Waals surface area contributed by atoms with Crippen LogP contribution in [0.3, 0.4) is 0 Å². The number of nitrogens with zero attached hydrogens (tertiary/aromatic N) is 2. The molecule has 21 heavy (non-hydrogen) atoms. The minimum absolute atomic E-state index is 0.274. The first-order valence-corrected chi connectivity index (χ1v) is 6.99. The Balaban J connectivity index is 1.95. The van der Waals surface area contributed by atoms with Crippen LogP contribution in [0.4, 0.5) is 0 Å². The number of carboxylic acids is 1. The van der Waals surface area contributed by atoms with Gasteiger partial charge in [-0.2, -0.15) is 0 Å². The van der Waals surface area contributed by atoms with Gasteiger partial charge in [0.1, 0.15) is 10.7 Å². The number of hydrogen-bond donors (Lipinski definition) is 2. The van der Waals surface area contributed by atoms with Crippen molar-refractivity contribution in [1.29, 1.82) is 0 Å². The molecule has 0 aliphatic rings. The zero-order valence-electron chi connectivity index (χ0n) is 11.2. The Morgan fingerprint density at radius 2 is 2.24 bits per heavy atom. The summed E-state index contributed by atoms with van der Waals surface area (Å²) in [5.74, 6) is -1.33. The highest BCUT2D eigenvalue weighted by molar-refractivity contribution is 7.09. The SMILES string of the molecule is Cc1csc(CNC(=O)c2ccc(C=CC(=O)O)cn2)n1. The summed E-state index contributed by atoms with van der Waals surface area (Å²) >= 11 is 1.49. The van der Waals surface area contributed by atoms with Gasteiger partial charge in [-0.25, -0.2) is 9.78 Å². The molecule has 2 heterocycles. The van der Waals surface area contributed by atoms with Gasteiger partial charge in [-0.3, -0.25) is 9.78 Å². The summed E-state index contributed by atoms with van der Waals surface area (Å²) in [6, 6.07) is 3.18. The van der Waals surface area contributed by atoms with Gasteiger partial charge in [0.05, 0.1) is 6.54 Å². The third-order valence-electron chi connectivity index (χ3n) is 2.50. The molecule has 0 unspecified atom stereocenters. The molecular formula is C14H13N3O3S. The van der Waals surface area contributed by atoms with E-state index in [1.54, 1.807) is 12.1 Å². The van der Waals surface area contributed by atoms with E-state index in [0.717, 1.165) is 16.8 Å². The number of pyridine rings is 1. The van der Waals surface area contributed by atoms with Crippen molar-refractivity contribution < 1.29 is 14.7 Å². The Morgan fingerprint density at radius 3 is 2.81 bits per heavy atom. The van der Waals surface area contributed by atoms with E-state index >= 15 is 0 Å². The van der Waals surface area contributed by atoms with Crippen molar-refractivity contribution in [2.45, 2.75) is 13.5 Å². The number of carbonyl (C=O) groups is 2. The number of nitrogens with one attached hydrogen (secondary N) is 1. The molecule has 2 aromatic rings. The number of rotatable bonds is 5. The third-order valence-corrected chi connectivity index (χ3v) is 3.47. The number of aliphatic carboxylic acids is 1. The Labute approximate surface area is 125 Å². The number of carbonyl (C=O) groups excluding carboxylic acids is 1. The topological polar surface area (TPSA) is 92.2 Å². The molecule has 0 saturated carbocycles.